The highest BCUT2D eigenvalue weighted by Gasteiger charge is 2.22. The van der Waals surface area contributed by atoms with E-state index in [9.17, 15) is 9.59 Å². The van der Waals surface area contributed by atoms with Crippen LogP contribution in [0.5, 0.6) is 0 Å². The molecule has 5 nitrogen and oxygen atoms in total. The normalized spacial score (nSPS) is 11.8. The van der Waals surface area contributed by atoms with Gasteiger partial charge in [0.15, 0.2) is 0 Å². The Hall–Kier alpha value is -2.84. The van der Waals surface area contributed by atoms with Crippen LogP contribution in [0.3, 0.4) is 0 Å². The molecule has 28 heavy (non-hydrogen) atoms. The molecule has 0 spiro atoms. The first kappa shape index (κ1) is 21.5. The van der Waals surface area contributed by atoms with Crippen molar-refractivity contribution in [3.05, 3.63) is 58.7 Å². The topological polar surface area (TPSA) is 68.3 Å². The van der Waals surface area contributed by atoms with Gasteiger partial charge >= 0.3 is 5.97 Å². The Labute approximate surface area is 170 Å². The van der Waals surface area contributed by atoms with Gasteiger partial charge in [-0.05, 0) is 51.0 Å². The number of nitrogens with one attached hydrogen (secondary N) is 1. The summed E-state index contributed by atoms with van der Waals surface area (Å²) in [5.74, 6) is 4.86. The molecule has 2 rings (SSSR count). The summed E-state index contributed by atoms with van der Waals surface area (Å²) in [6.45, 7) is 7.00. The van der Waals surface area contributed by atoms with Crippen LogP contribution in [0.1, 0.15) is 45.4 Å². The van der Waals surface area contributed by atoms with Crippen LogP contribution in [0.15, 0.2) is 42.5 Å². The third-order valence-corrected chi connectivity index (χ3v) is 3.71. The lowest BCUT2D eigenvalue weighted by Crippen LogP contribution is -2.28. The maximum absolute atomic E-state index is 12.4. The van der Waals surface area contributed by atoms with Gasteiger partial charge in [0.05, 0.1) is 6.42 Å². The van der Waals surface area contributed by atoms with Gasteiger partial charge in [-0.25, -0.2) is 4.98 Å². The van der Waals surface area contributed by atoms with Crippen LogP contribution in [0.25, 0.3) is 0 Å². The summed E-state index contributed by atoms with van der Waals surface area (Å²) in [5.41, 5.74) is 0.695. The van der Waals surface area contributed by atoms with Gasteiger partial charge < -0.3 is 10.1 Å². The zero-order chi connectivity index (χ0) is 20.7. The average Bonchev–Trinajstić information content (AvgIpc) is 2.58. The van der Waals surface area contributed by atoms with Gasteiger partial charge in [-0.2, -0.15) is 0 Å². The molecule has 6 heteroatoms. The zero-order valence-electron chi connectivity index (χ0n) is 16.4. The maximum Gasteiger partial charge on any atom is 0.307 e. The highest BCUT2D eigenvalue weighted by atomic mass is 35.5. The molecule has 0 saturated carbocycles. The fourth-order valence-electron chi connectivity index (χ4n) is 2.26. The first-order chi connectivity index (χ1) is 13.1. The number of ether oxygens (including phenoxy) is 1. The van der Waals surface area contributed by atoms with Crippen LogP contribution in [-0.2, 0) is 14.3 Å². The third kappa shape index (κ3) is 7.42. The third-order valence-electron chi connectivity index (χ3n) is 3.49. The van der Waals surface area contributed by atoms with Crippen molar-refractivity contribution in [1.82, 2.24) is 4.98 Å². The number of nitrogens with zero attached hydrogens (tertiary/aromatic N) is 1. The summed E-state index contributed by atoms with van der Waals surface area (Å²) in [4.78, 5) is 28.6. The molecule has 1 aromatic heterocycles. The van der Waals surface area contributed by atoms with E-state index in [4.69, 9.17) is 16.3 Å². The van der Waals surface area contributed by atoms with Crippen molar-refractivity contribution in [2.75, 3.05) is 5.32 Å². The molecular weight excluding hydrogens is 376 g/mol. The smallest absolute Gasteiger partial charge is 0.307 e. The standard InChI is InChI=1S/C22H23ClN2O3/c1-15(12-20(26)28-22(2,3)4)21(27)25-19-14-17(23)13-18(24-19)11-10-16-8-6-5-7-9-16/h5-9,13-15H,12H2,1-4H3,(H,24,25,27). The monoisotopic (exact) mass is 398 g/mol. The van der Waals surface area contributed by atoms with Crippen molar-refractivity contribution in [2.24, 2.45) is 5.92 Å². The van der Waals surface area contributed by atoms with Gasteiger partial charge in [0.1, 0.15) is 17.1 Å². The SMILES string of the molecule is CC(CC(=O)OC(C)(C)C)C(=O)Nc1cc(Cl)cc(C#Cc2ccccc2)n1. The molecule has 0 fully saturated rings. The Bertz CT molecular complexity index is 909. The second kappa shape index (κ2) is 9.38. The van der Waals surface area contributed by atoms with E-state index in [1.54, 1.807) is 33.8 Å². The molecule has 1 aromatic carbocycles. The first-order valence-electron chi connectivity index (χ1n) is 8.90. The van der Waals surface area contributed by atoms with Crippen molar-refractivity contribution >= 4 is 29.3 Å². The Morgan fingerprint density at radius 3 is 2.50 bits per heavy atom. The fraction of sp³-hybridized carbons (Fsp3) is 0.318. The zero-order valence-corrected chi connectivity index (χ0v) is 17.1. The van der Waals surface area contributed by atoms with Crippen molar-refractivity contribution < 1.29 is 14.3 Å². The average molecular weight is 399 g/mol. The minimum atomic E-state index is -0.589. The largest absolute Gasteiger partial charge is 0.460 e. The molecule has 1 atom stereocenters. The molecule has 2 aromatic rings. The lowest BCUT2D eigenvalue weighted by molar-refractivity contribution is -0.156. The predicted molar refractivity (Wildman–Crippen MR) is 110 cm³/mol. The van der Waals surface area contributed by atoms with Gasteiger partial charge in [-0.1, -0.05) is 42.6 Å². The van der Waals surface area contributed by atoms with Gasteiger partial charge in [-0.3, -0.25) is 9.59 Å². The summed E-state index contributed by atoms with van der Waals surface area (Å²) in [6.07, 6.45) is -0.0235. The van der Waals surface area contributed by atoms with E-state index >= 15 is 0 Å². The molecule has 0 bridgehead atoms. The number of rotatable bonds is 4. The fourth-order valence-corrected chi connectivity index (χ4v) is 2.46. The number of pyridine rings is 1. The summed E-state index contributed by atoms with van der Waals surface area (Å²) in [7, 11) is 0. The Balaban J connectivity index is 2.05. The minimum Gasteiger partial charge on any atom is -0.460 e. The molecule has 1 unspecified atom stereocenters. The Kier molecular flexibility index (Phi) is 7.19. The molecule has 0 aliphatic rings. The van der Waals surface area contributed by atoms with Crippen molar-refractivity contribution in [3.63, 3.8) is 0 Å². The van der Waals surface area contributed by atoms with Crippen LogP contribution in [-0.4, -0.2) is 22.5 Å². The van der Waals surface area contributed by atoms with E-state index in [2.05, 4.69) is 22.1 Å². The van der Waals surface area contributed by atoms with E-state index in [0.717, 1.165) is 5.56 Å². The number of aromatic nitrogens is 1. The molecule has 1 heterocycles. The maximum atomic E-state index is 12.4. The number of halogens is 1. The van der Waals surface area contributed by atoms with Crippen LogP contribution >= 0.6 is 11.6 Å². The van der Waals surface area contributed by atoms with Crippen molar-refractivity contribution in [3.8, 4) is 11.8 Å². The highest BCUT2D eigenvalue weighted by molar-refractivity contribution is 6.31. The molecule has 0 saturated heterocycles. The number of carbonyl (C=O) groups excluding carboxylic acids is 2. The molecule has 1 N–H and O–H groups in total. The van der Waals surface area contributed by atoms with Crippen LogP contribution < -0.4 is 5.32 Å². The number of hydrogen-bond donors (Lipinski definition) is 1. The molecule has 0 aliphatic heterocycles. The molecule has 0 radical (unpaired) electrons. The summed E-state index contributed by atoms with van der Waals surface area (Å²) in [5, 5.41) is 3.08. The van der Waals surface area contributed by atoms with Gasteiger partial charge in [0, 0.05) is 16.5 Å². The summed E-state index contributed by atoms with van der Waals surface area (Å²) >= 11 is 6.12. The van der Waals surface area contributed by atoms with E-state index in [-0.39, 0.29) is 18.1 Å². The number of hydrogen-bond acceptors (Lipinski definition) is 4. The molecule has 1 amide bonds. The lowest BCUT2D eigenvalue weighted by Gasteiger charge is -2.20. The minimum absolute atomic E-state index is 0.0235. The van der Waals surface area contributed by atoms with Gasteiger partial charge in [0.25, 0.3) is 0 Å². The molecule has 146 valence electrons. The van der Waals surface area contributed by atoms with E-state index in [1.807, 2.05) is 30.3 Å². The van der Waals surface area contributed by atoms with Crippen LogP contribution in [0.4, 0.5) is 5.82 Å². The highest BCUT2D eigenvalue weighted by Crippen LogP contribution is 2.17. The summed E-state index contributed by atoms with van der Waals surface area (Å²) in [6, 6.07) is 12.6. The van der Waals surface area contributed by atoms with E-state index in [0.29, 0.717) is 10.7 Å². The van der Waals surface area contributed by atoms with Gasteiger partial charge in [0.2, 0.25) is 5.91 Å². The number of esters is 1. The predicted octanol–water partition coefficient (Wildman–Crippen LogP) is 4.44. The quantitative estimate of drug-likeness (QED) is 0.610. The number of carbonyl (C=O) groups is 2. The summed E-state index contributed by atoms with van der Waals surface area (Å²) < 4.78 is 5.25. The van der Waals surface area contributed by atoms with Crippen LogP contribution in [0.2, 0.25) is 5.02 Å². The lowest BCUT2D eigenvalue weighted by atomic mass is 10.1. The number of amides is 1. The van der Waals surface area contributed by atoms with Gasteiger partial charge in [-0.15, -0.1) is 0 Å². The Morgan fingerprint density at radius 2 is 1.86 bits per heavy atom. The van der Waals surface area contributed by atoms with E-state index in [1.165, 1.54) is 6.07 Å². The van der Waals surface area contributed by atoms with Crippen molar-refractivity contribution in [2.45, 2.75) is 39.7 Å². The number of anilines is 1. The Morgan fingerprint density at radius 1 is 1.18 bits per heavy atom. The second-order valence-corrected chi connectivity index (χ2v) is 7.79. The van der Waals surface area contributed by atoms with Crippen molar-refractivity contribution in [1.29, 1.82) is 0 Å². The van der Waals surface area contributed by atoms with Crippen LogP contribution in [0, 0.1) is 17.8 Å². The van der Waals surface area contributed by atoms with E-state index < -0.39 is 17.5 Å². The number of benzene rings is 1. The second-order valence-electron chi connectivity index (χ2n) is 7.35. The first-order valence-corrected chi connectivity index (χ1v) is 9.27. The molecular formula is C22H23ClN2O3. The molecule has 0 aliphatic carbocycles.